The van der Waals surface area contributed by atoms with Crippen molar-refractivity contribution in [2.75, 3.05) is 6.67 Å². The lowest BCUT2D eigenvalue weighted by molar-refractivity contribution is 0.560. The van der Waals surface area contributed by atoms with Crippen molar-refractivity contribution < 1.29 is 4.39 Å². The zero-order chi connectivity index (χ0) is 4.28. The Labute approximate surface area is 44.2 Å². The van der Waals surface area contributed by atoms with Gasteiger partial charge in [0.05, 0.1) is 0 Å². The quantitative estimate of drug-likeness (QED) is 0.548. The predicted molar refractivity (Wildman–Crippen MR) is 29.1 cm³/mol. The first-order chi connectivity index (χ1) is 2.27. The van der Waals surface area contributed by atoms with Gasteiger partial charge in [-0.25, -0.2) is 4.39 Å². The molecule has 30 valence electrons. The minimum Gasteiger partial charge on any atom is -0.245 e. The Hall–Kier alpha value is 0.400. The lowest BCUT2D eigenvalue weighted by atomic mass is 10.7. The van der Waals surface area contributed by atoms with Crippen molar-refractivity contribution in [1.82, 2.24) is 0 Å². The van der Waals surface area contributed by atoms with Gasteiger partial charge in [0, 0.05) is 3.58 Å². The lowest BCUT2D eigenvalue weighted by Gasteiger charge is -1.73. The van der Waals surface area contributed by atoms with Crippen molar-refractivity contribution >= 4 is 22.6 Å². The molecule has 0 heterocycles. The third-order valence-corrected chi connectivity index (χ3v) is 0.433. The van der Waals surface area contributed by atoms with Crippen LogP contribution in [-0.2, 0) is 0 Å². The molecule has 0 aliphatic rings. The van der Waals surface area contributed by atoms with Gasteiger partial charge in [0.2, 0.25) is 0 Å². The van der Waals surface area contributed by atoms with Crippen molar-refractivity contribution in [3.63, 3.8) is 0 Å². The molecule has 0 bridgehead atoms. The van der Waals surface area contributed by atoms with Gasteiger partial charge in [-0.3, -0.25) is 0 Å². The van der Waals surface area contributed by atoms with Gasteiger partial charge in [-0.05, 0) is 22.6 Å². The summed E-state index contributed by atoms with van der Waals surface area (Å²) in [7, 11) is 0. The Morgan fingerprint density at radius 3 is 2.20 bits per heavy atom. The maximum atomic E-state index is 11.0. The van der Waals surface area contributed by atoms with Crippen LogP contribution in [0, 0.1) is 0 Å². The van der Waals surface area contributed by atoms with E-state index >= 15 is 0 Å². The largest absolute Gasteiger partial charge is 0.245 e. The third kappa shape index (κ3) is 4.40. The molecule has 0 aromatic rings. The summed E-state index contributed by atoms with van der Waals surface area (Å²) in [5, 5.41) is 0. The third-order valence-electron chi connectivity index (χ3n) is 0.145. The van der Waals surface area contributed by atoms with Crippen LogP contribution in [0.25, 0.3) is 0 Å². The summed E-state index contributed by atoms with van der Waals surface area (Å²) in [6.45, 7) is 2.88. The standard InChI is InChI=1S/C3H4FI/c1-3(5)2-4/h1-2H2. The Morgan fingerprint density at radius 2 is 2.20 bits per heavy atom. The molecule has 0 N–H and O–H groups in total. The fourth-order valence-corrected chi connectivity index (χ4v) is 0. The summed E-state index contributed by atoms with van der Waals surface area (Å²) < 4.78 is 11.6. The predicted octanol–water partition coefficient (Wildman–Crippen LogP) is 1.90. The maximum absolute atomic E-state index is 11.0. The average molecular weight is 186 g/mol. The van der Waals surface area contributed by atoms with E-state index in [1.54, 1.807) is 0 Å². The first-order valence-corrected chi connectivity index (χ1v) is 2.24. The number of hydrogen-bond donors (Lipinski definition) is 0. The lowest BCUT2D eigenvalue weighted by Crippen LogP contribution is -1.61. The molecule has 0 fully saturated rings. The summed E-state index contributed by atoms with van der Waals surface area (Å²) in [6.07, 6.45) is 0. The molecule has 0 saturated carbocycles. The van der Waals surface area contributed by atoms with Crippen molar-refractivity contribution in [1.29, 1.82) is 0 Å². The molecule has 0 aromatic heterocycles. The average Bonchev–Trinajstić information content (AvgIpc) is 1.38. The van der Waals surface area contributed by atoms with Crippen LogP contribution in [0.4, 0.5) is 4.39 Å². The second-order valence-corrected chi connectivity index (χ2v) is 2.18. The Bertz CT molecular complexity index is 42.2. The molecule has 0 aliphatic carbocycles. The fourth-order valence-electron chi connectivity index (χ4n) is 0. The fraction of sp³-hybridized carbons (Fsp3) is 0.333. The molecule has 2 heteroatoms. The van der Waals surface area contributed by atoms with Crippen molar-refractivity contribution in [2.45, 2.75) is 0 Å². The first kappa shape index (κ1) is 5.40. The van der Waals surface area contributed by atoms with E-state index in [-0.39, 0.29) is 0 Å². The van der Waals surface area contributed by atoms with E-state index in [1.807, 2.05) is 22.6 Å². The molecular formula is C3H4FI. The van der Waals surface area contributed by atoms with E-state index in [1.165, 1.54) is 0 Å². The molecule has 0 saturated heterocycles. The van der Waals surface area contributed by atoms with Crippen LogP contribution in [-0.4, -0.2) is 6.67 Å². The molecule has 0 spiro atoms. The van der Waals surface area contributed by atoms with E-state index in [0.717, 1.165) is 0 Å². The number of hydrogen-bond acceptors (Lipinski definition) is 0. The van der Waals surface area contributed by atoms with Crippen LogP contribution in [0.15, 0.2) is 10.2 Å². The highest BCUT2D eigenvalue weighted by Gasteiger charge is 1.74. The van der Waals surface area contributed by atoms with Gasteiger partial charge in [0.15, 0.2) is 0 Å². The molecule has 0 aromatic carbocycles. The van der Waals surface area contributed by atoms with E-state index in [0.29, 0.717) is 3.58 Å². The van der Waals surface area contributed by atoms with Crippen molar-refractivity contribution in [3.05, 3.63) is 10.2 Å². The van der Waals surface area contributed by atoms with Gasteiger partial charge < -0.3 is 0 Å². The van der Waals surface area contributed by atoms with Crippen LogP contribution in [0.3, 0.4) is 0 Å². The van der Waals surface area contributed by atoms with Crippen LogP contribution in [0.1, 0.15) is 0 Å². The maximum Gasteiger partial charge on any atom is 0.120 e. The van der Waals surface area contributed by atoms with E-state index in [2.05, 4.69) is 6.58 Å². The SMILES string of the molecule is C=C(I)CF. The minimum atomic E-state index is -0.402. The molecule has 0 amide bonds. The van der Waals surface area contributed by atoms with Gasteiger partial charge in [-0.1, -0.05) is 6.58 Å². The highest BCUT2D eigenvalue weighted by atomic mass is 127. The molecule has 0 radical (unpaired) electrons. The molecule has 0 aliphatic heterocycles. The summed E-state index contributed by atoms with van der Waals surface area (Å²) in [5.74, 6) is 0. The summed E-state index contributed by atoms with van der Waals surface area (Å²) >= 11 is 1.84. The van der Waals surface area contributed by atoms with Gasteiger partial charge >= 0.3 is 0 Å². The van der Waals surface area contributed by atoms with Crippen LogP contribution < -0.4 is 0 Å². The van der Waals surface area contributed by atoms with Crippen LogP contribution in [0.5, 0.6) is 0 Å². The second-order valence-electron chi connectivity index (χ2n) is 0.651. The topological polar surface area (TPSA) is 0 Å². The van der Waals surface area contributed by atoms with Crippen LogP contribution in [0.2, 0.25) is 0 Å². The normalized spacial score (nSPS) is 7.60. The Kier molecular flexibility index (Phi) is 2.84. The van der Waals surface area contributed by atoms with Crippen LogP contribution >= 0.6 is 22.6 Å². The van der Waals surface area contributed by atoms with E-state index in [4.69, 9.17) is 0 Å². The van der Waals surface area contributed by atoms with E-state index < -0.39 is 6.67 Å². The Balaban J connectivity index is 2.85. The number of halogens is 2. The number of allylic oxidation sites excluding steroid dienone is 1. The smallest absolute Gasteiger partial charge is 0.120 e. The molecule has 0 rings (SSSR count). The van der Waals surface area contributed by atoms with Gasteiger partial charge in [0.1, 0.15) is 6.67 Å². The molecule has 5 heavy (non-hydrogen) atoms. The monoisotopic (exact) mass is 186 g/mol. The Morgan fingerprint density at radius 1 is 2.00 bits per heavy atom. The summed E-state index contributed by atoms with van der Waals surface area (Å²) in [6, 6.07) is 0. The second kappa shape index (κ2) is 2.63. The zero-order valence-electron chi connectivity index (χ0n) is 2.67. The van der Waals surface area contributed by atoms with Crippen molar-refractivity contribution in [2.24, 2.45) is 0 Å². The van der Waals surface area contributed by atoms with Gasteiger partial charge in [-0.15, -0.1) is 0 Å². The first-order valence-electron chi connectivity index (χ1n) is 1.16. The minimum absolute atomic E-state index is 0.402. The van der Waals surface area contributed by atoms with Gasteiger partial charge in [0.25, 0.3) is 0 Å². The molecular weight excluding hydrogens is 182 g/mol. The highest BCUT2D eigenvalue weighted by molar-refractivity contribution is 14.1. The van der Waals surface area contributed by atoms with Gasteiger partial charge in [-0.2, -0.15) is 0 Å². The highest BCUT2D eigenvalue weighted by Crippen LogP contribution is 1.99. The summed E-state index contributed by atoms with van der Waals surface area (Å²) in [4.78, 5) is 0. The number of alkyl halides is 1. The zero-order valence-corrected chi connectivity index (χ0v) is 4.83. The molecule has 0 atom stereocenters. The summed E-state index contributed by atoms with van der Waals surface area (Å²) in [5.41, 5.74) is 0. The molecule has 0 unspecified atom stereocenters. The number of rotatable bonds is 1. The van der Waals surface area contributed by atoms with Crippen molar-refractivity contribution in [3.8, 4) is 0 Å². The van der Waals surface area contributed by atoms with E-state index in [9.17, 15) is 4.39 Å². The molecule has 0 nitrogen and oxygen atoms in total.